The number of carbonyl (C=O) groups is 1. The number of rotatable bonds is 5. The molecule has 20 heavy (non-hydrogen) atoms. The predicted octanol–water partition coefficient (Wildman–Crippen LogP) is 4.05. The number of hydrogen-bond donors (Lipinski definition) is 1. The molecule has 0 heterocycles. The first kappa shape index (κ1) is 12.9. The van der Waals surface area contributed by atoms with Crippen molar-refractivity contribution < 1.29 is 4.79 Å². The zero-order valence-corrected chi connectivity index (χ0v) is 11.7. The molecule has 0 spiro atoms. The monoisotopic (exact) mass is 265 g/mol. The lowest BCUT2D eigenvalue weighted by Gasteiger charge is -2.12. The summed E-state index contributed by atoms with van der Waals surface area (Å²) in [5.41, 5.74) is 3.59. The molecule has 1 aliphatic rings. The van der Waals surface area contributed by atoms with E-state index in [-0.39, 0.29) is 5.78 Å². The minimum absolute atomic E-state index is 0.0904. The Balaban J connectivity index is 1.89. The van der Waals surface area contributed by atoms with Crippen LogP contribution in [0.3, 0.4) is 0 Å². The average Bonchev–Trinajstić information content (AvgIpc) is 3.30. The standard InChI is InChI=1S/C18H19NO/c1-13-7-10-17(19-12-14-8-9-14)16(11-13)18(20)15-5-3-2-4-6-15/h2-7,10-11,14,19H,8-9,12H2,1H3. The van der Waals surface area contributed by atoms with Gasteiger partial charge in [-0.15, -0.1) is 0 Å². The molecule has 2 nitrogen and oxygen atoms in total. The Morgan fingerprint density at radius 1 is 1.15 bits per heavy atom. The van der Waals surface area contributed by atoms with Gasteiger partial charge in [0.15, 0.2) is 5.78 Å². The lowest BCUT2D eigenvalue weighted by atomic mass is 9.99. The Hall–Kier alpha value is -2.09. The van der Waals surface area contributed by atoms with Crippen LogP contribution in [0.1, 0.15) is 34.3 Å². The average molecular weight is 265 g/mol. The number of benzene rings is 2. The quantitative estimate of drug-likeness (QED) is 0.826. The van der Waals surface area contributed by atoms with Crippen molar-refractivity contribution >= 4 is 11.5 Å². The minimum atomic E-state index is 0.0904. The van der Waals surface area contributed by atoms with E-state index in [1.165, 1.54) is 12.8 Å². The fourth-order valence-corrected chi connectivity index (χ4v) is 2.32. The maximum Gasteiger partial charge on any atom is 0.195 e. The Morgan fingerprint density at radius 2 is 1.90 bits per heavy atom. The van der Waals surface area contributed by atoms with Crippen LogP contribution in [0.4, 0.5) is 5.69 Å². The molecular weight excluding hydrogens is 246 g/mol. The van der Waals surface area contributed by atoms with Crippen LogP contribution in [-0.2, 0) is 0 Å². The number of anilines is 1. The van der Waals surface area contributed by atoms with Crippen LogP contribution in [0.2, 0.25) is 0 Å². The van der Waals surface area contributed by atoms with E-state index in [2.05, 4.69) is 11.4 Å². The highest BCUT2D eigenvalue weighted by molar-refractivity contribution is 6.12. The molecule has 1 saturated carbocycles. The van der Waals surface area contributed by atoms with Gasteiger partial charge in [-0.1, -0.05) is 42.0 Å². The zero-order chi connectivity index (χ0) is 13.9. The molecule has 1 aliphatic carbocycles. The molecule has 102 valence electrons. The van der Waals surface area contributed by atoms with E-state index in [0.29, 0.717) is 0 Å². The van der Waals surface area contributed by atoms with Crippen molar-refractivity contribution in [2.45, 2.75) is 19.8 Å². The van der Waals surface area contributed by atoms with Crippen LogP contribution in [0.15, 0.2) is 48.5 Å². The van der Waals surface area contributed by atoms with E-state index < -0.39 is 0 Å². The largest absolute Gasteiger partial charge is 0.384 e. The Kier molecular flexibility index (Phi) is 3.55. The van der Waals surface area contributed by atoms with E-state index >= 15 is 0 Å². The third-order valence-corrected chi connectivity index (χ3v) is 3.73. The molecule has 0 saturated heterocycles. The SMILES string of the molecule is Cc1ccc(NCC2CC2)c(C(=O)c2ccccc2)c1. The van der Waals surface area contributed by atoms with Crippen molar-refractivity contribution in [3.05, 3.63) is 65.2 Å². The lowest BCUT2D eigenvalue weighted by Crippen LogP contribution is -2.10. The van der Waals surface area contributed by atoms with Gasteiger partial charge >= 0.3 is 0 Å². The summed E-state index contributed by atoms with van der Waals surface area (Å²) in [7, 11) is 0. The van der Waals surface area contributed by atoms with Crippen LogP contribution < -0.4 is 5.32 Å². The van der Waals surface area contributed by atoms with Crippen LogP contribution >= 0.6 is 0 Å². The van der Waals surface area contributed by atoms with Gasteiger partial charge < -0.3 is 5.32 Å². The van der Waals surface area contributed by atoms with Gasteiger partial charge in [0.2, 0.25) is 0 Å². The molecule has 1 N–H and O–H groups in total. The third-order valence-electron chi connectivity index (χ3n) is 3.73. The van der Waals surface area contributed by atoms with Crippen molar-refractivity contribution in [2.24, 2.45) is 5.92 Å². The lowest BCUT2D eigenvalue weighted by molar-refractivity contribution is 0.103. The molecule has 1 fully saturated rings. The van der Waals surface area contributed by atoms with E-state index in [4.69, 9.17) is 0 Å². The molecule has 0 unspecified atom stereocenters. The summed E-state index contributed by atoms with van der Waals surface area (Å²) in [6, 6.07) is 15.5. The second-order valence-corrected chi connectivity index (χ2v) is 5.57. The molecule has 2 aromatic carbocycles. The van der Waals surface area contributed by atoms with Gasteiger partial charge in [0.05, 0.1) is 0 Å². The highest BCUT2D eigenvalue weighted by atomic mass is 16.1. The van der Waals surface area contributed by atoms with Crippen LogP contribution in [0.25, 0.3) is 0 Å². The summed E-state index contributed by atoms with van der Waals surface area (Å²) < 4.78 is 0. The molecule has 3 rings (SSSR count). The molecule has 0 amide bonds. The van der Waals surface area contributed by atoms with Crippen molar-refractivity contribution in [3.63, 3.8) is 0 Å². The van der Waals surface area contributed by atoms with Crippen LogP contribution in [0, 0.1) is 12.8 Å². The van der Waals surface area contributed by atoms with Gasteiger partial charge in [0, 0.05) is 23.4 Å². The van der Waals surface area contributed by atoms with Crippen molar-refractivity contribution in [2.75, 3.05) is 11.9 Å². The summed E-state index contributed by atoms with van der Waals surface area (Å²) in [6.07, 6.45) is 2.61. The predicted molar refractivity (Wildman–Crippen MR) is 82.3 cm³/mol. The van der Waals surface area contributed by atoms with Gasteiger partial charge in [-0.2, -0.15) is 0 Å². The molecule has 0 atom stereocenters. The fraction of sp³-hybridized carbons (Fsp3) is 0.278. The summed E-state index contributed by atoms with van der Waals surface area (Å²) in [5, 5.41) is 3.43. The van der Waals surface area contributed by atoms with E-state index in [0.717, 1.165) is 34.8 Å². The van der Waals surface area contributed by atoms with Crippen molar-refractivity contribution in [3.8, 4) is 0 Å². The smallest absolute Gasteiger partial charge is 0.195 e. The molecule has 0 radical (unpaired) electrons. The van der Waals surface area contributed by atoms with Crippen molar-refractivity contribution in [1.82, 2.24) is 0 Å². The highest BCUT2D eigenvalue weighted by Crippen LogP contribution is 2.30. The Labute approximate surface area is 119 Å². The van der Waals surface area contributed by atoms with Crippen molar-refractivity contribution in [1.29, 1.82) is 0 Å². The summed E-state index contributed by atoms with van der Waals surface area (Å²) in [4.78, 5) is 12.6. The summed E-state index contributed by atoms with van der Waals surface area (Å²) in [5.74, 6) is 0.878. The minimum Gasteiger partial charge on any atom is -0.384 e. The number of hydrogen-bond acceptors (Lipinski definition) is 2. The topological polar surface area (TPSA) is 29.1 Å². The van der Waals surface area contributed by atoms with Gasteiger partial charge in [-0.25, -0.2) is 0 Å². The maximum atomic E-state index is 12.6. The number of ketones is 1. The summed E-state index contributed by atoms with van der Waals surface area (Å²) >= 11 is 0. The highest BCUT2D eigenvalue weighted by Gasteiger charge is 2.21. The Bertz CT molecular complexity index is 615. The van der Waals surface area contributed by atoms with E-state index in [1.807, 2.05) is 49.4 Å². The first-order valence-electron chi connectivity index (χ1n) is 7.18. The molecule has 0 bridgehead atoms. The first-order chi connectivity index (χ1) is 9.74. The first-order valence-corrected chi connectivity index (χ1v) is 7.18. The molecule has 0 aromatic heterocycles. The number of nitrogens with one attached hydrogen (secondary N) is 1. The van der Waals surface area contributed by atoms with E-state index in [1.54, 1.807) is 0 Å². The zero-order valence-electron chi connectivity index (χ0n) is 11.7. The second kappa shape index (κ2) is 5.49. The normalized spacial score (nSPS) is 14.1. The molecule has 2 aromatic rings. The molecular formula is C18H19NO. The second-order valence-electron chi connectivity index (χ2n) is 5.57. The molecule has 2 heteroatoms. The van der Waals surface area contributed by atoms with Crippen LogP contribution in [0.5, 0.6) is 0 Å². The van der Waals surface area contributed by atoms with Gasteiger partial charge in [-0.05, 0) is 37.8 Å². The number of aryl methyl sites for hydroxylation is 1. The maximum absolute atomic E-state index is 12.6. The van der Waals surface area contributed by atoms with Gasteiger partial charge in [0.1, 0.15) is 0 Å². The van der Waals surface area contributed by atoms with Gasteiger partial charge in [0.25, 0.3) is 0 Å². The summed E-state index contributed by atoms with van der Waals surface area (Å²) in [6.45, 7) is 2.99. The van der Waals surface area contributed by atoms with Crippen LogP contribution in [-0.4, -0.2) is 12.3 Å². The number of carbonyl (C=O) groups excluding carboxylic acids is 1. The fourth-order valence-electron chi connectivity index (χ4n) is 2.32. The Morgan fingerprint density at radius 3 is 2.60 bits per heavy atom. The molecule has 0 aliphatic heterocycles. The van der Waals surface area contributed by atoms with Gasteiger partial charge in [-0.3, -0.25) is 4.79 Å². The van der Waals surface area contributed by atoms with E-state index in [9.17, 15) is 4.79 Å². The third kappa shape index (κ3) is 2.90.